The third-order valence-corrected chi connectivity index (χ3v) is 2.46. The van der Waals surface area contributed by atoms with Crippen molar-refractivity contribution in [1.29, 1.82) is 0 Å². The molecule has 0 amide bonds. The maximum Gasteiger partial charge on any atom is 0.358 e. The van der Waals surface area contributed by atoms with Crippen molar-refractivity contribution in [2.45, 2.75) is 6.92 Å². The van der Waals surface area contributed by atoms with E-state index in [4.69, 9.17) is 4.74 Å². The molecule has 2 aromatic rings. The third kappa shape index (κ3) is 2.63. The van der Waals surface area contributed by atoms with Crippen molar-refractivity contribution in [3.63, 3.8) is 0 Å². The van der Waals surface area contributed by atoms with E-state index in [9.17, 15) is 19.3 Å². The largest absolute Gasteiger partial charge is 0.461 e. The normalized spacial score (nSPS) is 10.3. The van der Waals surface area contributed by atoms with Crippen LogP contribution in [0.2, 0.25) is 0 Å². The lowest BCUT2D eigenvalue weighted by molar-refractivity contribution is -0.384. The van der Waals surface area contributed by atoms with Crippen molar-refractivity contribution < 1.29 is 18.8 Å². The van der Waals surface area contributed by atoms with Gasteiger partial charge in [-0.15, -0.1) is 0 Å². The molecular formula is C12H10FN3O4. The fraction of sp³-hybridized carbons (Fsp3) is 0.167. The van der Waals surface area contributed by atoms with Crippen LogP contribution in [0.4, 0.5) is 10.1 Å². The number of carbonyl (C=O) groups excluding carboxylic acids is 1. The van der Waals surface area contributed by atoms with Gasteiger partial charge in [0.25, 0.3) is 5.69 Å². The summed E-state index contributed by atoms with van der Waals surface area (Å²) in [6.45, 7) is 1.78. The van der Waals surface area contributed by atoms with Gasteiger partial charge in [0.1, 0.15) is 0 Å². The number of hydrogen-bond donors (Lipinski definition) is 0. The standard InChI is InChI=1S/C12H10FN3O4/c1-2-20-12(17)10-7-11(13)15(14-10)8-3-5-9(6-4-8)16(18)19/h3-7H,2H2,1H3. The van der Waals surface area contributed by atoms with Crippen LogP contribution in [0.5, 0.6) is 0 Å². The lowest BCUT2D eigenvalue weighted by atomic mass is 10.3. The lowest BCUT2D eigenvalue weighted by Crippen LogP contribution is -2.07. The average Bonchev–Trinajstić information content (AvgIpc) is 2.81. The van der Waals surface area contributed by atoms with Crippen LogP contribution in [0, 0.1) is 16.1 Å². The van der Waals surface area contributed by atoms with Crippen LogP contribution in [0.15, 0.2) is 30.3 Å². The highest BCUT2D eigenvalue weighted by atomic mass is 19.1. The number of halogens is 1. The zero-order chi connectivity index (χ0) is 14.7. The molecule has 0 saturated heterocycles. The molecular weight excluding hydrogens is 269 g/mol. The van der Waals surface area contributed by atoms with E-state index < -0.39 is 16.8 Å². The fourth-order valence-corrected chi connectivity index (χ4v) is 1.56. The first-order valence-corrected chi connectivity index (χ1v) is 5.70. The van der Waals surface area contributed by atoms with Gasteiger partial charge in [-0.2, -0.15) is 9.49 Å². The predicted molar refractivity (Wildman–Crippen MR) is 66.1 cm³/mol. The summed E-state index contributed by atoms with van der Waals surface area (Å²) in [4.78, 5) is 21.4. The molecule has 1 heterocycles. The van der Waals surface area contributed by atoms with Crippen LogP contribution >= 0.6 is 0 Å². The minimum Gasteiger partial charge on any atom is -0.461 e. The van der Waals surface area contributed by atoms with Gasteiger partial charge in [-0.1, -0.05) is 0 Å². The third-order valence-electron chi connectivity index (χ3n) is 2.46. The summed E-state index contributed by atoms with van der Waals surface area (Å²) >= 11 is 0. The van der Waals surface area contributed by atoms with Gasteiger partial charge in [0.2, 0.25) is 5.95 Å². The Hall–Kier alpha value is -2.77. The smallest absolute Gasteiger partial charge is 0.358 e. The summed E-state index contributed by atoms with van der Waals surface area (Å²) in [6.07, 6.45) is 0. The number of nitro groups is 1. The first-order chi connectivity index (χ1) is 9.52. The highest BCUT2D eigenvalue weighted by molar-refractivity contribution is 5.87. The monoisotopic (exact) mass is 279 g/mol. The highest BCUT2D eigenvalue weighted by Gasteiger charge is 2.16. The Bertz CT molecular complexity index is 651. The highest BCUT2D eigenvalue weighted by Crippen LogP contribution is 2.17. The summed E-state index contributed by atoms with van der Waals surface area (Å²) in [7, 11) is 0. The van der Waals surface area contributed by atoms with E-state index >= 15 is 0 Å². The van der Waals surface area contributed by atoms with Gasteiger partial charge in [-0.25, -0.2) is 9.48 Å². The molecule has 7 nitrogen and oxygen atoms in total. The maximum atomic E-state index is 13.7. The predicted octanol–water partition coefficient (Wildman–Crippen LogP) is 2.10. The molecule has 20 heavy (non-hydrogen) atoms. The van der Waals surface area contributed by atoms with E-state index in [1.54, 1.807) is 6.92 Å². The molecule has 0 N–H and O–H groups in total. The van der Waals surface area contributed by atoms with Crippen molar-refractivity contribution in [3.8, 4) is 5.69 Å². The zero-order valence-electron chi connectivity index (χ0n) is 10.4. The molecule has 0 aliphatic rings. The summed E-state index contributed by atoms with van der Waals surface area (Å²) in [6, 6.07) is 6.06. The Morgan fingerprint density at radius 3 is 2.65 bits per heavy atom. The molecule has 2 rings (SSSR count). The molecule has 0 unspecified atom stereocenters. The first-order valence-electron chi connectivity index (χ1n) is 5.70. The molecule has 0 aliphatic carbocycles. The number of hydrogen-bond acceptors (Lipinski definition) is 5. The Morgan fingerprint density at radius 2 is 2.10 bits per heavy atom. The molecule has 0 atom stereocenters. The molecule has 0 fully saturated rings. The van der Waals surface area contributed by atoms with Gasteiger partial charge < -0.3 is 4.74 Å². The SMILES string of the molecule is CCOC(=O)c1cc(F)n(-c2ccc([N+](=O)[O-])cc2)n1. The van der Waals surface area contributed by atoms with Crippen LogP contribution in [-0.2, 0) is 4.74 Å². The van der Waals surface area contributed by atoms with Crippen molar-refractivity contribution in [2.24, 2.45) is 0 Å². The molecule has 8 heteroatoms. The Balaban J connectivity index is 2.33. The van der Waals surface area contributed by atoms with E-state index in [1.807, 2.05) is 0 Å². The molecule has 0 radical (unpaired) electrons. The Kier molecular flexibility index (Phi) is 3.74. The number of nitrogens with zero attached hydrogens (tertiary/aromatic N) is 3. The van der Waals surface area contributed by atoms with Gasteiger partial charge in [-0.3, -0.25) is 10.1 Å². The minimum atomic E-state index is -0.762. The Labute approximate surface area is 112 Å². The second-order valence-electron chi connectivity index (χ2n) is 3.76. The summed E-state index contributed by atoms with van der Waals surface area (Å²) in [5, 5.41) is 14.3. The van der Waals surface area contributed by atoms with E-state index in [1.165, 1.54) is 24.3 Å². The van der Waals surface area contributed by atoms with E-state index in [0.29, 0.717) is 0 Å². The number of aromatic nitrogens is 2. The minimum absolute atomic E-state index is 0.119. The number of esters is 1. The summed E-state index contributed by atoms with van der Waals surface area (Å²) < 4.78 is 19.3. The fourth-order valence-electron chi connectivity index (χ4n) is 1.56. The Morgan fingerprint density at radius 1 is 1.45 bits per heavy atom. The number of non-ortho nitro benzene ring substituents is 1. The molecule has 0 aliphatic heterocycles. The van der Waals surface area contributed by atoms with Gasteiger partial charge in [0, 0.05) is 18.2 Å². The van der Waals surface area contributed by atoms with Crippen LogP contribution in [-0.4, -0.2) is 27.3 Å². The topological polar surface area (TPSA) is 87.3 Å². The summed E-state index contributed by atoms with van der Waals surface area (Å²) in [5.74, 6) is -1.49. The number of benzene rings is 1. The van der Waals surface area contributed by atoms with Crippen molar-refractivity contribution >= 4 is 11.7 Å². The molecule has 0 spiro atoms. The second kappa shape index (κ2) is 5.47. The van der Waals surface area contributed by atoms with Gasteiger partial charge >= 0.3 is 5.97 Å². The molecule has 104 valence electrons. The van der Waals surface area contributed by atoms with Gasteiger partial charge in [-0.05, 0) is 19.1 Å². The first kappa shape index (κ1) is 13.7. The maximum absolute atomic E-state index is 13.7. The van der Waals surface area contributed by atoms with Crippen molar-refractivity contribution in [2.75, 3.05) is 6.61 Å². The van der Waals surface area contributed by atoms with Gasteiger partial charge in [0.15, 0.2) is 5.69 Å². The molecule has 0 saturated carbocycles. The van der Waals surface area contributed by atoms with Crippen molar-refractivity contribution in [1.82, 2.24) is 9.78 Å². The van der Waals surface area contributed by atoms with E-state index in [2.05, 4.69) is 5.10 Å². The van der Waals surface area contributed by atoms with Crippen molar-refractivity contribution in [3.05, 3.63) is 52.1 Å². The van der Waals surface area contributed by atoms with Crippen LogP contribution < -0.4 is 0 Å². The lowest BCUT2D eigenvalue weighted by Gasteiger charge is -2.01. The van der Waals surface area contributed by atoms with Crippen LogP contribution in [0.1, 0.15) is 17.4 Å². The average molecular weight is 279 g/mol. The summed E-state index contributed by atoms with van der Waals surface area (Å²) in [5.41, 5.74) is -0.0155. The zero-order valence-corrected chi connectivity index (χ0v) is 10.4. The molecule has 1 aromatic heterocycles. The van der Waals surface area contributed by atoms with Crippen LogP contribution in [0.25, 0.3) is 5.69 Å². The molecule has 0 bridgehead atoms. The number of carbonyl (C=O) groups is 1. The number of nitro benzene ring substituents is 1. The molecule has 1 aromatic carbocycles. The number of rotatable bonds is 4. The van der Waals surface area contributed by atoms with Gasteiger partial charge in [0.05, 0.1) is 17.2 Å². The van der Waals surface area contributed by atoms with E-state index in [0.717, 1.165) is 10.7 Å². The second-order valence-corrected chi connectivity index (χ2v) is 3.76. The van der Waals surface area contributed by atoms with E-state index in [-0.39, 0.29) is 23.7 Å². The quantitative estimate of drug-likeness (QED) is 0.486. The van der Waals surface area contributed by atoms with Crippen LogP contribution in [0.3, 0.4) is 0 Å². The number of ether oxygens (including phenoxy) is 1.